The van der Waals surface area contributed by atoms with Crippen molar-refractivity contribution in [1.82, 2.24) is 4.98 Å². The molecule has 1 aromatic rings. The Morgan fingerprint density at radius 2 is 2.14 bits per heavy atom. The van der Waals surface area contributed by atoms with Crippen molar-refractivity contribution in [3.63, 3.8) is 0 Å². The van der Waals surface area contributed by atoms with Crippen molar-refractivity contribution >= 4 is 15.7 Å². The second-order valence-corrected chi connectivity index (χ2v) is 4.66. The van der Waals surface area contributed by atoms with Gasteiger partial charge in [-0.2, -0.15) is 5.26 Å². The molecule has 0 unspecified atom stereocenters. The van der Waals surface area contributed by atoms with Crippen molar-refractivity contribution in [2.24, 2.45) is 0 Å². The monoisotopic (exact) mass is 213 g/mol. The Bertz CT molecular complexity index is 565. The summed E-state index contributed by atoms with van der Waals surface area (Å²) in [7, 11) is -3.53. The Morgan fingerprint density at radius 3 is 2.57 bits per heavy atom. The number of nitrogens with two attached hydrogens (primary N) is 1. The van der Waals surface area contributed by atoms with Crippen LogP contribution in [0.3, 0.4) is 0 Å². The van der Waals surface area contributed by atoms with E-state index in [1.807, 2.05) is 0 Å². The molecule has 0 spiro atoms. The second kappa shape index (κ2) is 3.16. The predicted octanol–water partition coefficient (Wildman–Crippen LogP) is -0.768. The molecule has 0 atom stereocenters. The number of sulfone groups is 1. The molecular formula is C7H7N3O3S. The lowest BCUT2D eigenvalue weighted by molar-refractivity contribution is 0.602. The summed E-state index contributed by atoms with van der Waals surface area (Å²) in [4.78, 5) is 12.8. The molecule has 1 rings (SSSR count). The molecule has 0 aliphatic rings. The Hall–Kier alpha value is -1.81. The Labute approximate surface area is 79.9 Å². The van der Waals surface area contributed by atoms with Gasteiger partial charge in [0, 0.05) is 6.26 Å². The number of rotatable bonds is 1. The zero-order valence-corrected chi connectivity index (χ0v) is 8.05. The first-order chi connectivity index (χ1) is 6.36. The van der Waals surface area contributed by atoms with E-state index in [-0.39, 0.29) is 16.3 Å². The lowest BCUT2D eigenvalue weighted by atomic mass is 10.3. The molecule has 0 aliphatic heterocycles. The fraction of sp³-hybridized carbons (Fsp3) is 0.143. The lowest BCUT2D eigenvalue weighted by Gasteiger charge is -2.02. The molecule has 14 heavy (non-hydrogen) atoms. The molecule has 6 nitrogen and oxygen atoms in total. The van der Waals surface area contributed by atoms with Gasteiger partial charge in [-0.1, -0.05) is 0 Å². The number of anilines is 1. The number of aromatic nitrogens is 1. The quantitative estimate of drug-likeness (QED) is 0.635. The zero-order valence-electron chi connectivity index (χ0n) is 7.23. The third-order valence-electron chi connectivity index (χ3n) is 1.55. The van der Waals surface area contributed by atoms with E-state index in [4.69, 9.17) is 11.0 Å². The molecule has 0 bridgehead atoms. The van der Waals surface area contributed by atoms with Crippen LogP contribution in [-0.2, 0) is 9.84 Å². The summed E-state index contributed by atoms with van der Waals surface area (Å²) < 4.78 is 22.2. The Kier molecular flexibility index (Phi) is 2.32. The van der Waals surface area contributed by atoms with Gasteiger partial charge in [0.1, 0.15) is 22.3 Å². The molecule has 0 aromatic carbocycles. The van der Waals surface area contributed by atoms with Crippen molar-refractivity contribution in [1.29, 1.82) is 5.26 Å². The maximum Gasteiger partial charge on any atom is 0.267 e. The summed E-state index contributed by atoms with van der Waals surface area (Å²) in [5.41, 5.74) is 4.31. The first-order valence-corrected chi connectivity index (χ1v) is 5.38. The van der Waals surface area contributed by atoms with Crippen LogP contribution in [0, 0.1) is 11.3 Å². The number of aromatic amines is 1. The van der Waals surface area contributed by atoms with Gasteiger partial charge in [-0.05, 0) is 6.07 Å². The van der Waals surface area contributed by atoms with E-state index in [1.165, 1.54) is 0 Å². The molecule has 0 saturated heterocycles. The van der Waals surface area contributed by atoms with Crippen LogP contribution in [0.1, 0.15) is 5.56 Å². The average Bonchev–Trinajstić information content (AvgIpc) is 2.02. The maximum absolute atomic E-state index is 11.1. The van der Waals surface area contributed by atoms with E-state index in [9.17, 15) is 13.2 Å². The third kappa shape index (κ3) is 1.75. The minimum Gasteiger partial charge on any atom is -0.384 e. The van der Waals surface area contributed by atoms with Gasteiger partial charge in [-0.15, -0.1) is 0 Å². The average molecular weight is 213 g/mol. The van der Waals surface area contributed by atoms with Gasteiger partial charge in [-0.3, -0.25) is 4.79 Å². The van der Waals surface area contributed by atoms with Crippen molar-refractivity contribution in [3.8, 4) is 6.07 Å². The van der Waals surface area contributed by atoms with Gasteiger partial charge >= 0.3 is 0 Å². The fourth-order valence-corrected chi connectivity index (χ4v) is 1.70. The Morgan fingerprint density at radius 1 is 1.57 bits per heavy atom. The normalized spacial score (nSPS) is 10.9. The molecule has 1 aromatic heterocycles. The number of hydrogen-bond donors (Lipinski definition) is 2. The topological polar surface area (TPSA) is 117 Å². The SMILES string of the molecule is CS(=O)(=O)c1cc(C#N)c(=O)[nH]c1N. The second-order valence-electron chi connectivity index (χ2n) is 2.67. The van der Waals surface area contributed by atoms with E-state index >= 15 is 0 Å². The van der Waals surface area contributed by atoms with E-state index in [0.29, 0.717) is 0 Å². The van der Waals surface area contributed by atoms with Gasteiger partial charge in [0.05, 0.1) is 0 Å². The molecule has 3 N–H and O–H groups in total. The highest BCUT2D eigenvalue weighted by molar-refractivity contribution is 7.90. The fourth-order valence-electron chi connectivity index (χ4n) is 0.915. The highest BCUT2D eigenvalue weighted by Gasteiger charge is 2.14. The van der Waals surface area contributed by atoms with Gasteiger partial charge < -0.3 is 10.7 Å². The minimum absolute atomic E-state index is 0.242. The van der Waals surface area contributed by atoms with Crippen LogP contribution in [0.5, 0.6) is 0 Å². The molecular weight excluding hydrogens is 206 g/mol. The van der Waals surface area contributed by atoms with Crippen LogP contribution in [0.15, 0.2) is 15.8 Å². The van der Waals surface area contributed by atoms with Crippen LogP contribution in [0.2, 0.25) is 0 Å². The van der Waals surface area contributed by atoms with Crippen molar-refractivity contribution < 1.29 is 8.42 Å². The summed E-state index contributed by atoms with van der Waals surface area (Å²) in [6.45, 7) is 0. The van der Waals surface area contributed by atoms with Crippen LogP contribution < -0.4 is 11.3 Å². The summed E-state index contributed by atoms with van der Waals surface area (Å²) in [5, 5.41) is 8.49. The number of nitrogens with one attached hydrogen (secondary N) is 1. The number of nitriles is 1. The molecule has 7 heteroatoms. The van der Waals surface area contributed by atoms with E-state index in [1.54, 1.807) is 6.07 Å². The van der Waals surface area contributed by atoms with Crippen molar-refractivity contribution in [2.75, 3.05) is 12.0 Å². The lowest BCUT2D eigenvalue weighted by Crippen LogP contribution is -2.16. The van der Waals surface area contributed by atoms with Gasteiger partial charge in [0.25, 0.3) is 5.56 Å². The summed E-state index contributed by atoms with van der Waals surface area (Å²) in [6, 6.07) is 2.53. The molecule has 0 aliphatic carbocycles. The standard InChI is InChI=1S/C7H7N3O3S/c1-14(12,13)5-2-4(3-8)7(11)10-6(5)9/h2H,1H3,(H3,9,10,11). The zero-order chi connectivity index (χ0) is 10.9. The third-order valence-corrected chi connectivity index (χ3v) is 2.69. The van der Waals surface area contributed by atoms with Crippen LogP contribution >= 0.6 is 0 Å². The first kappa shape index (κ1) is 10.3. The first-order valence-electron chi connectivity index (χ1n) is 3.49. The number of nitrogens with zero attached hydrogens (tertiary/aromatic N) is 1. The van der Waals surface area contributed by atoms with Crippen molar-refractivity contribution in [3.05, 3.63) is 22.0 Å². The summed E-state index contributed by atoms with van der Waals surface area (Å²) in [6.07, 6.45) is 0.943. The number of hydrogen-bond acceptors (Lipinski definition) is 5. The van der Waals surface area contributed by atoms with E-state index in [2.05, 4.69) is 4.98 Å². The maximum atomic E-state index is 11.1. The Balaban J connectivity index is 3.66. The van der Waals surface area contributed by atoms with Gasteiger partial charge in [-0.25, -0.2) is 8.42 Å². The van der Waals surface area contributed by atoms with Crippen LogP contribution in [0.25, 0.3) is 0 Å². The number of pyridine rings is 1. The molecule has 0 saturated carbocycles. The summed E-state index contributed by atoms with van der Waals surface area (Å²) in [5.74, 6) is -0.253. The van der Waals surface area contributed by atoms with Crippen LogP contribution in [0.4, 0.5) is 5.82 Å². The molecule has 74 valence electrons. The smallest absolute Gasteiger partial charge is 0.267 e. The van der Waals surface area contributed by atoms with Gasteiger partial charge in [0.2, 0.25) is 0 Å². The predicted molar refractivity (Wildman–Crippen MR) is 49.3 cm³/mol. The molecule has 0 fully saturated rings. The van der Waals surface area contributed by atoms with Crippen LogP contribution in [-0.4, -0.2) is 19.7 Å². The number of H-pyrrole nitrogens is 1. The number of nitrogen functional groups attached to an aromatic ring is 1. The molecule has 0 amide bonds. The molecule has 0 radical (unpaired) electrons. The minimum atomic E-state index is -3.53. The largest absolute Gasteiger partial charge is 0.384 e. The van der Waals surface area contributed by atoms with E-state index in [0.717, 1.165) is 12.3 Å². The molecule has 1 heterocycles. The van der Waals surface area contributed by atoms with E-state index < -0.39 is 15.4 Å². The highest BCUT2D eigenvalue weighted by Crippen LogP contribution is 2.14. The summed E-state index contributed by atoms with van der Waals surface area (Å²) >= 11 is 0. The van der Waals surface area contributed by atoms with Crippen molar-refractivity contribution in [2.45, 2.75) is 4.90 Å². The van der Waals surface area contributed by atoms with Gasteiger partial charge in [0.15, 0.2) is 9.84 Å². The highest BCUT2D eigenvalue weighted by atomic mass is 32.2.